The van der Waals surface area contributed by atoms with Crippen molar-refractivity contribution in [2.24, 2.45) is 0 Å². The van der Waals surface area contributed by atoms with Gasteiger partial charge in [0.05, 0.1) is 6.61 Å². The molecule has 4 nitrogen and oxygen atoms in total. The zero-order chi connectivity index (χ0) is 10.7. The largest absolute Gasteiger partial charge is 0.394 e. The predicted octanol–water partition coefficient (Wildman–Crippen LogP) is -0.0843. The number of hydrogen-bond acceptors (Lipinski definition) is 4. The van der Waals surface area contributed by atoms with E-state index in [0.717, 1.165) is 12.3 Å². The average Bonchev–Trinajstić information content (AvgIpc) is 2.15. The minimum absolute atomic E-state index is 0.313. The molecule has 0 aromatic carbocycles. The standard InChI is InChI=1S/C9H12FNO3/c1-5-2-8(10)11-3-6(5)9(14)7(13)4-12/h2-3,7,9,12-14H,4H2,1H3. The van der Waals surface area contributed by atoms with E-state index in [-0.39, 0.29) is 0 Å². The third kappa shape index (κ3) is 2.25. The molecule has 0 aliphatic heterocycles. The van der Waals surface area contributed by atoms with Gasteiger partial charge in [-0.3, -0.25) is 0 Å². The van der Waals surface area contributed by atoms with Gasteiger partial charge in [-0.2, -0.15) is 4.39 Å². The Balaban J connectivity index is 2.95. The van der Waals surface area contributed by atoms with Crippen LogP contribution in [0.3, 0.4) is 0 Å². The van der Waals surface area contributed by atoms with Gasteiger partial charge in [-0.15, -0.1) is 0 Å². The number of aliphatic hydroxyl groups excluding tert-OH is 3. The minimum atomic E-state index is -1.28. The summed E-state index contributed by atoms with van der Waals surface area (Å²) < 4.78 is 12.6. The van der Waals surface area contributed by atoms with E-state index in [9.17, 15) is 9.50 Å². The van der Waals surface area contributed by atoms with Gasteiger partial charge in [0.25, 0.3) is 0 Å². The van der Waals surface area contributed by atoms with Crippen LogP contribution in [0.15, 0.2) is 12.3 Å². The van der Waals surface area contributed by atoms with Crippen LogP contribution in [-0.4, -0.2) is 33.0 Å². The molecule has 1 rings (SSSR count). The number of aliphatic hydroxyl groups is 3. The lowest BCUT2D eigenvalue weighted by molar-refractivity contribution is -0.0157. The molecule has 2 atom stereocenters. The van der Waals surface area contributed by atoms with Gasteiger partial charge < -0.3 is 15.3 Å². The van der Waals surface area contributed by atoms with Crippen molar-refractivity contribution in [3.05, 3.63) is 29.3 Å². The van der Waals surface area contributed by atoms with E-state index in [1.165, 1.54) is 0 Å². The van der Waals surface area contributed by atoms with Crippen molar-refractivity contribution in [2.75, 3.05) is 6.61 Å². The van der Waals surface area contributed by atoms with Gasteiger partial charge in [-0.05, 0) is 18.6 Å². The SMILES string of the molecule is Cc1cc(F)ncc1C(O)C(O)CO. The Hall–Kier alpha value is -1.04. The van der Waals surface area contributed by atoms with Crippen LogP contribution in [0.5, 0.6) is 0 Å². The Morgan fingerprint density at radius 3 is 2.64 bits per heavy atom. The van der Waals surface area contributed by atoms with Crippen LogP contribution in [-0.2, 0) is 0 Å². The van der Waals surface area contributed by atoms with Crippen molar-refractivity contribution >= 4 is 0 Å². The van der Waals surface area contributed by atoms with Crippen molar-refractivity contribution in [1.29, 1.82) is 0 Å². The van der Waals surface area contributed by atoms with Gasteiger partial charge in [0.1, 0.15) is 12.2 Å². The Bertz CT molecular complexity index is 319. The van der Waals surface area contributed by atoms with Crippen molar-refractivity contribution in [2.45, 2.75) is 19.1 Å². The summed E-state index contributed by atoms with van der Waals surface area (Å²) in [6, 6.07) is 1.16. The van der Waals surface area contributed by atoms with Gasteiger partial charge in [0.15, 0.2) is 0 Å². The van der Waals surface area contributed by atoms with Crippen LogP contribution >= 0.6 is 0 Å². The molecule has 0 saturated carbocycles. The number of pyridine rings is 1. The summed E-state index contributed by atoms with van der Waals surface area (Å²) in [4.78, 5) is 3.36. The molecule has 1 aromatic heterocycles. The summed E-state index contributed by atoms with van der Waals surface area (Å²) in [5.74, 6) is -0.642. The summed E-state index contributed by atoms with van der Waals surface area (Å²) in [6.07, 6.45) is -1.37. The van der Waals surface area contributed by atoms with Crippen LogP contribution in [0.2, 0.25) is 0 Å². The van der Waals surface area contributed by atoms with Gasteiger partial charge in [-0.1, -0.05) is 0 Å². The molecule has 2 unspecified atom stereocenters. The first-order valence-corrected chi connectivity index (χ1v) is 4.15. The monoisotopic (exact) mass is 201 g/mol. The first-order valence-electron chi connectivity index (χ1n) is 4.15. The van der Waals surface area contributed by atoms with Crippen molar-refractivity contribution in [3.63, 3.8) is 0 Å². The average molecular weight is 201 g/mol. The van der Waals surface area contributed by atoms with Crippen LogP contribution < -0.4 is 0 Å². The molecular formula is C9H12FNO3. The Morgan fingerprint density at radius 2 is 2.14 bits per heavy atom. The summed E-state index contributed by atoms with van der Waals surface area (Å²) in [5, 5.41) is 27.2. The second kappa shape index (κ2) is 4.45. The summed E-state index contributed by atoms with van der Waals surface area (Å²) in [6.45, 7) is 1.03. The van der Waals surface area contributed by atoms with E-state index in [4.69, 9.17) is 10.2 Å². The molecular weight excluding hydrogens is 189 g/mol. The highest BCUT2D eigenvalue weighted by Crippen LogP contribution is 2.19. The van der Waals surface area contributed by atoms with Gasteiger partial charge >= 0.3 is 0 Å². The van der Waals surface area contributed by atoms with Gasteiger partial charge in [0.2, 0.25) is 5.95 Å². The molecule has 0 spiro atoms. The lowest BCUT2D eigenvalue weighted by atomic mass is 10.0. The summed E-state index contributed by atoms with van der Waals surface area (Å²) in [5.41, 5.74) is 0.797. The van der Waals surface area contributed by atoms with Crippen LogP contribution in [0, 0.1) is 12.9 Å². The fourth-order valence-electron chi connectivity index (χ4n) is 1.15. The zero-order valence-electron chi connectivity index (χ0n) is 7.68. The molecule has 0 radical (unpaired) electrons. The molecule has 0 bridgehead atoms. The van der Waals surface area contributed by atoms with E-state index in [2.05, 4.69) is 4.98 Å². The number of nitrogens with zero attached hydrogens (tertiary/aromatic N) is 1. The third-order valence-corrected chi connectivity index (χ3v) is 1.99. The topological polar surface area (TPSA) is 73.6 Å². The maximum atomic E-state index is 12.6. The van der Waals surface area contributed by atoms with E-state index in [1.807, 2.05) is 0 Å². The fourth-order valence-corrected chi connectivity index (χ4v) is 1.15. The first-order chi connectivity index (χ1) is 6.56. The maximum Gasteiger partial charge on any atom is 0.213 e. The quantitative estimate of drug-likeness (QED) is 0.598. The highest BCUT2D eigenvalue weighted by atomic mass is 19.1. The Morgan fingerprint density at radius 1 is 1.50 bits per heavy atom. The molecule has 1 heterocycles. The minimum Gasteiger partial charge on any atom is -0.394 e. The van der Waals surface area contributed by atoms with Crippen LogP contribution in [0.25, 0.3) is 0 Å². The predicted molar refractivity (Wildman–Crippen MR) is 47.0 cm³/mol. The second-order valence-electron chi connectivity index (χ2n) is 3.06. The normalized spacial score (nSPS) is 15.2. The molecule has 3 N–H and O–H groups in total. The summed E-state index contributed by atoms with van der Waals surface area (Å²) >= 11 is 0. The van der Waals surface area contributed by atoms with Crippen LogP contribution in [0.4, 0.5) is 4.39 Å². The van der Waals surface area contributed by atoms with Crippen molar-refractivity contribution in [1.82, 2.24) is 4.98 Å². The molecule has 0 amide bonds. The molecule has 0 saturated heterocycles. The fraction of sp³-hybridized carbons (Fsp3) is 0.444. The Labute approximate surface area is 80.7 Å². The number of aryl methyl sites for hydroxylation is 1. The molecule has 0 aliphatic rings. The second-order valence-corrected chi connectivity index (χ2v) is 3.06. The molecule has 1 aromatic rings. The van der Waals surface area contributed by atoms with E-state index >= 15 is 0 Å². The summed E-state index contributed by atoms with van der Waals surface area (Å²) in [7, 11) is 0. The molecule has 0 fully saturated rings. The van der Waals surface area contributed by atoms with Gasteiger partial charge in [0, 0.05) is 11.8 Å². The van der Waals surface area contributed by atoms with Crippen molar-refractivity contribution < 1.29 is 19.7 Å². The molecule has 5 heteroatoms. The highest BCUT2D eigenvalue weighted by molar-refractivity contribution is 5.25. The molecule has 78 valence electrons. The Kier molecular flexibility index (Phi) is 3.51. The highest BCUT2D eigenvalue weighted by Gasteiger charge is 2.19. The molecule has 14 heavy (non-hydrogen) atoms. The zero-order valence-corrected chi connectivity index (χ0v) is 7.68. The maximum absolute atomic E-state index is 12.6. The van der Waals surface area contributed by atoms with Gasteiger partial charge in [-0.25, -0.2) is 4.98 Å². The smallest absolute Gasteiger partial charge is 0.213 e. The first kappa shape index (κ1) is 11.0. The number of aromatic nitrogens is 1. The van der Waals surface area contributed by atoms with Crippen LogP contribution in [0.1, 0.15) is 17.2 Å². The van der Waals surface area contributed by atoms with Crippen molar-refractivity contribution in [3.8, 4) is 0 Å². The lowest BCUT2D eigenvalue weighted by Gasteiger charge is -2.17. The number of halogens is 1. The third-order valence-electron chi connectivity index (χ3n) is 1.99. The lowest BCUT2D eigenvalue weighted by Crippen LogP contribution is -2.23. The van der Waals surface area contributed by atoms with E-state index < -0.39 is 24.8 Å². The van der Waals surface area contributed by atoms with E-state index in [1.54, 1.807) is 6.92 Å². The van der Waals surface area contributed by atoms with E-state index in [0.29, 0.717) is 11.1 Å². The number of hydrogen-bond donors (Lipinski definition) is 3. The number of rotatable bonds is 3. The molecule has 0 aliphatic carbocycles.